The number of sulfonamides is 1. The fourth-order valence-corrected chi connectivity index (χ4v) is 4.95. The van der Waals surface area contributed by atoms with Gasteiger partial charge in [-0.25, -0.2) is 8.42 Å². The van der Waals surface area contributed by atoms with Gasteiger partial charge in [-0.15, -0.1) is 0 Å². The number of hydrogen-bond acceptors (Lipinski definition) is 5. The lowest BCUT2D eigenvalue weighted by atomic mass is 10.1. The first-order valence-electron chi connectivity index (χ1n) is 10.2. The third-order valence-electron chi connectivity index (χ3n) is 5.22. The van der Waals surface area contributed by atoms with Gasteiger partial charge in [0, 0.05) is 6.07 Å². The number of amides is 1. The Hall–Kier alpha value is -3.64. The number of aryl methyl sites for hydroxylation is 1. The van der Waals surface area contributed by atoms with Gasteiger partial charge < -0.3 is 5.32 Å². The number of nitro benzene ring substituents is 1. The summed E-state index contributed by atoms with van der Waals surface area (Å²) in [6, 6.07) is 11.9. The van der Waals surface area contributed by atoms with Crippen molar-refractivity contribution in [2.45, 2.75) is 24.9 Å². The molecule has 0 saturated carbocycles. The molecule has 0 heterocycles. The SMILES string of the molecule is Cc1ccc(S(=O)(=O)N(CC(=O)Nc2cccc([N+](=O)[O-])c2C)c2ccc(Cl)c(C(F)(F)F)c2)cc1. The van der Waals surface area contributed by atoms with E-state index in [4.69, 9.17) is 11.6 Å². The molecule has 3 aromatic rings. The Bertz CT molecular complexity index is 1430. The maximum Gasteiger partial charge on any atom is 0.417 e. The zero-order chi connectivity index (χ0) is 26.8. The largest absolute Gasteiger partial charge is 0.417 e. The molecule has 1 N–H and O–H groups in total. The van der Waals surface area contributed by atoms with E-state index < -0.39 is 49.8 Å². The third kappa shape index (κ3) is 5.77. The van der Waals surface area contributed by atoms with Crippen molar-refractivity contribution in [2.24, 2.45) is 0 Å². The minimum atomic E-state index is -4.88. The number of anilines is 2. The summed E-state index contributed by atoms with van der Waals surface area (Å²) >= 11 is 5.68. The lowest BCUT2D eigenvalue weighted by molar-refractivity contribution is -0.385. The standard InChI is InChI=1S/C23H19ClF3N3O5S/c1-14-6-9-17(10-7-14)36(34,35)29(16-8-11-19(24)18(12-16)23(25,26)27)13-22(31)28-20-4-3-5-21(15(20)2)30(32)33/h3-12H,13H2,1-2H3,(H,28,31). The van der Waals surface area contributed by atoms with Gasteiger partial charge in [0.25, 0.3) is 15.7 Å². The van der Waals surface area contributed by atoms with Crippen molar-refractivity contribution < 1.29 is 31.3 Å². The zero-order valence-electron chi connectivity index (χ0n) is 18.8. The second kappa shape index (κ2) is 10.2. The number of halogens is 4. The highest BCUT2D eigenvalue weighted by Crippen LogP contribution is 2.38. The summed E-state index contributed by atoms with van der Waals surface area (Å²) in [6.45, 7) is 2.19. The van der Waals surface area contributed by atoms with Crippen LogP contribution in [0.5, 0.6) is 0 Å². The van der Waals surface area contributed by atoms with Crippen LogP contribution in [0.3, 0.4) is 0 Å². The van der Waals surface area contributed by atoms with Gasteiger partial charge in [0.1, 0.15) is 6.54 Å². The highest BCUT2D eigenvalue weighted by atomic mass is 35.5. The van der Waals surface area contributed by atoms with Gasteiger partial charge in [-0.2, -0.15) is 13.2 Å². The molecule has 1 amide bonds. The zero-order valence-corrected chi connectivity index (χ0v) is 20.4. The molecule has 0 radical (unpaired) electrons. The number of benzene rings is 3. The molecule has 190 valence electrons. The minimum absolute atomic E-state index is 0.0500. The highest BCUT2D eigenvalue weighted by Gasteiger charge is 2.35. The molecule has 36 heavy (non-hydrogen) atoms. The van der Waals surface area contributed by atoms with E-state index in [0.717, 1.165) is 17.7 Å². The Labute approximate surface area is 209 Å². The van der Waals surface area contributed by atoms with Crippen molar-refractivity contribution >= 4 is 44.6 Å². The van der Waals surface area contributed by atoms with Crippen LogP contribution in [0.15, 0.2) is 65.6 Å². The molecule has 0 unspecified atom stereocenters. The number of hydrogen-bond donors (Lipinski definition) is 1. The van der Waals surface area contributed by atoms with E-state index in [1.54, 1.807) is 6.92 Å². The van der Waals surface area contributed by atoms with Gasteiger partial charge in [-0.3, -0.25) is 19.2 Å². The highest BCUT2D eigenvalue weighted by molar-refractivity contribution is 7.92. The van der Waals surface area contributed by atoms with Crippen LogP contribution in [0.25, 0.3) is 0 Å². The Balaban J connectivity index is 2.06. The Kier molecular flexibility index (Phi) is 7.60. The monoisotopic (exact) mass is 541 g/mol. The van der Waals surface area contributed by atoms with E-state index in [1.807, 2.05) is 0 Å². The summed E-state index contributed by atoms with van der Waals surface area (Å²) in [6.07, 6.45) is -4.88. The van der Waals surface area contributed by atoms with Crippen LogP contribution >= 0.6 is 11.6 Å². The maximum atomic E-state index is 13.5. The van der Waals surface area contributed by atoms with Crippen LogP contribution in [0.4, 0.5) is 30.2 Å². The van der Waals surface area contributed by atoms with Crippen LogP contribution < -0.4 is 9.62 Å². The van der Waals surface area contributed by atoms with Gasteiger partial charge in [-0.05, 0) is 50.2 Å². The van der Waals surface area contributed by atoms with Crippen molar-refractivity contribution in [2.75, 3.05) is 16.2 Å². The smallest absolute Gasteiger partial charge is 0.324 e. The first-order chi connectivity index (χ1) is 16.7. The molecule has 3 aromatic carbocycles. The van der Waals surface area contributed by atoms with Gasteiger partial charge in [-0.1, -0.05) is 35.4 Å². The summed E-state index contributed by atoms with van der Waals surface area (Å²) < 4.78 is 67.8. The molecular weight excluding hydrogens is 523 g/mol. The third-order valence-corrected chi connectivity index (χ3v) is 7.33. The van der Waals surface area contributed by atoms with Gasteiger partial charge >= 0.3 is 6.18 Å². The number of nitrogens with one attached hydrogen (secondary N) is 1. The normalized spacial score (nSPS) is 11.7. The molecule has 13 heteroatoms. The van der Waals surface area contributed by atoms with Crippen LogP contribution in [0.2, 0.25) is 5.02 Å². The summed E-state index contributed by atoms with van der Waals surface area (Å²) in [5.74, 6) is -0.933. The van der Waals surface area contributed by atoms with Crippen LogP contribution in [0.1, 0.15) is 16.7 Å². The van der Waals surface area contributed by atoms with E-state index in [1.165, 1.54) is 49.4 Å². The van der Waals surface area contributed by atoms with Crippen LogP contribution in [0, 0.1) is 24.0 Å². The molecule has 0 aliphatic heterocycles. The fourth-order valence-electron chi connectivity index (χ4n) is 3.31. The van der Waals surface area contributed by atoms with Crippen molar-refractivity contribution in [3.05, 3.63) is 92.5 Å². The summed E-state index contributed by atoms with van der Waals surface area (Å²) in [7, 11) is -4.51. The van der Waals surface area contributed by atoms with E-state index >= 15 is 0 Å². The van der Waals surface area contributed by atoms with Crippen molar-refractivity contribution in [1.29, 1.82) is 0 Å². The van der Waals surface area contributed by atoms with E-state index in [9.17, 15) is 36.5 Å². The maximum absolute atomic E-state index is 13.5. The quantitative estimate of drug-likeness (QED) is 0.304. The number of rotatable bonds is 7. The summed E-state index contributed by atoms with van der Waals surface area (Å²) in [5, 5.41) is 12.9. The van der Waals surface area contributed by atoms with Gasteiger partial charge in [0.15, 0.2) is 0 Å². The van der Waals surface area contributed by atoms with E-state index in [0.29, 0.717) is 10.4 Å². The van der Waals surface area contributed by atoms with E-state index in [2.05, 4.69) is 5.32 Å². The van der Waals surface area contributed by atoms with Crippen molar-refractivity contribution in [1.82, 2.24) is 0 Å². The number of carbonyl (C=O) groups is 1. The van der Waals surface area contributed by atoms with Gasteiger partial charge in [0.2, 0.25) is 5.91 Å². The predicted octanol–water partition coefficient (Wildman–Crippen LogP) is 5.72. The molecule has 0 saturated heterocycles. The Morgan fingerprint density at radius 2 is 1.72 bits per heavy atom. The second-order valence-electron chi connectivity index (χ2n) is 7.74. The molecule has 0 spiro atoms. The second-order valence-corrected chi connectivity index (χ2v) is 10.0. The van der Waals surface area contributed by atoms with Crippen LogP contribution in [-0.2, 0) is 21.0 Å². The molecule has 0 aliphatic carbocycles. The van der Waals surface area contributed by atoms with Crippen LogP contribution in [-0.4, -0.2) is 25.8 Å². The topological polar surface area (TPSA) is 110 Å². The van der Waals surface area contributed by atoms with Crippen molar-refractivity contribution in [3.8, 4) is 0 Å². The average molecular weight is 542 g/mol. The van der Waals surface area contributed by atoms with Gasteiger partial charge in [0.05, 0.1) is 37.3 Å². The molecule has 0 atom stereocenters. The Morgan fingerprint density at radius 1 is 1.08 bits per heavy atom. The molecule has 0 bridgehead atoms. The fraction of sp³-hybridized carbons (Fsp3) is 0.174. The number of nitro groups is 1. The lowest BCUT2D eigenvalue weighted by Crippen LogP contribution is -2.38. The molecule has 8 nitrogen and oxygen atoms in total. The summed E-state index contributed by atoms with van der Waals surface area (Å²) in [4.78, 5) is 23.2. The molecular formula is C23H19ClF3N3O5S. The predicted molar refractivity (Wildman–Crippen MR) is 129 cm³/mol. The molecule has 3 rings (SSSR count). The first kappa shape index (κ1) is 27.0. The number of alkyl halides is 3. The minimum Gasteiger partial charge on any atom is -0.324 e. The molecule has 0 aliphatic rings. The van der Waals surface area contributed by atoms with E-state index in [-0.39, 0.29) is 21.8 Å². The summed E-state index contributed by atoms with van der Waals surface area (Å²) in [5.41, 5.74) is -1.09. The number of carbonyl (C=O) groups excluding carboxylic acids is 1. The lowest BCUT2D eigenvalue weighted by Gasteiger charge is -2.25. The molecule has 0 fully saturated rings. The first-order valence-corrected chi connectivity index (χ1v) is 12.0. The number of nitrogens with zero attached hydrogens (tertiary/aromatic N) is 2. The Morgan fingerprint density at radius 3 is 2.31 bits per heavy atom. The molecule has 0 aromatic heterocycles. The average Bonchev–Trinajstić information content (AvgIpc) is 2.78. The van der Waals surface area contributed by atoms with Crippen molar-refractivity contribution in [3.63, 3.8) is 0 Å².